The number of nitrogens with zero attached hydrogens (tertiary/aromatic N) is 2. The van der Waals surface area contributed by atoms with Gasteiger partial charge in [-0.2, -0.15) is 5.26 Å². The van der Waals surface area contributed by atoms with Crippen molar-refractivity contribution in [3.05, 3.63) is 29.6 Å². The lowest BCUT2D eigenvalue weighted by molar-refractivity contribution is -0.120. The number of rotatable bonds is 5. The molecule has 0 radical (unpaired) electrons. The van der Waals surface area contributed by atoms with Crippen LogP contribution in [0.4, 0.5) is 10.1 Å². The fourth-order valence-electron chi connectivity index (χ4n) is 1.80. The highest BCUT2D eigenvalue weighted by Gasteiger charge is 2.16. The SMILES string of the molecule is CCN(CC(=O)NC(C)C)c1cccc(F)c1C#N. The van der Waals surface area contributed by atoms with Crippen LogP contribution < -0.4 is 10.2 Å². The van der Waals surface area contributed by atoms with Gasteiger partial charge in [0.15, 0.2) is 0 Å². The summed E-state index contributed by atoms with van der Waals surface area (Å²) >= 11 is 0. The third kappa shape index (κ3) is 3.95. The van der Waals surface area contributed by atoms with Crippen molar-refractivity contribution in [1.82, 2.24) is 5.32 Å². The van der Waals surface area contributed by atoms with E-state index in [9.17, 15) is 9.18 Å². The van der Waals surface area contributed by atoms with E-state index >= 15 is 0 Å². The Hall–Kier alpha value is -2.09. The van der Waals surface area contributed by atoms with E-state index in [4.69, 9.17) is 5.26 Å². The molecule has 5 heteroatoms. The maximum Gasteiger partial charge on any atom is 0.239 e. The molecule has 1 N–H and O–H groups in total. The van der Waals surface area contributed by atoms with Gasteiger partial charge in [0.25, 0.3) is 0 Å². The predicted molar refractivity (Wildman–Crippen MR) is 72.3 cm³/mol. The molecule has 102 valence electrons. The number of nitriles is 1. The van der Waals surface area contributed by atoms with E-state index < -0.39 is 5.82 Å². The maximum atomic E-state index is 13.5. The number of likely N-dealkylation sites (N-methyl/N-ethyl adjacent to an activating group) is 1. The molecule has 0 spiro atoms. The van der Waals surface area contributed by atoms with E-state index in [1.54, 1.807) is 11.0 Å². The summed E-state index contributed by atoms with van der Waals surface area (Å²) in [5.74, 6) is -0.715. The fraction of sp³-hybridized carbons (Fsp3) is 0.429. The van der Waals surface area contributed by atoms with E-state index in [1.807, 2.05) is 26.8 Å². The van der Waals surface area contributed by atoms with Gasteiger partial charge in [0, 0.05) is 12.6 Å². The van der Waals surface area contributed by atoms with Gasteiger partial charge < -0.3 is 10.2 Å². The van der Waals surface area contributed by atoms with Crippen LogP contribution >= 0.6 is 0 Å². The number of hydrogen-bond acceptors (Lipinski definition) is 3. The number of carbonyl (C=O) groups excluding carboxylic acids is 1. The normalized spacial score (nSPS) is 10.1. The molecule has 0 aliphatic carbocycles. The van der Waals surface area contributed by atoms with Crippen molar-refractivity contribution in [2.75, 3.05) is 18.0 Å². The Kier molecular flexibility index (Phi) is 5.31. The molecule has 0 bridgehead atoms. The van der Waals surface area contributed by atoms with Gasteiger partial charge in [0.05, 0.1) is 12.2 Å². The van der Waals surface area contributed by atoms with Gasteiger partial charge in [-0.05, 0) is 32.9 Å². The van der Waals surface area contributed by atoms with Crippen LogP contribution in [0.2, 0.25) is 0 Å². The van der Waals surface area contributed by atoms with Gasteiger partial charge in [0.1, 0.15) is 17.4 Å². The third-order valence-corrected chi connectivity index (χ3v) is 2.61. The Bertz CT molecular complexity index is 494. The summed E-state index contributed by atoms with van der Waals surface area (Å²) in [7, 11) is 0. The summed E-state index contributed by atoms with van der Waals surface area (Å²) in [4.78, 5) is 13.4. The van der Waals surface area contributed by atoms with Crippen LogP contribution in [0.15, 0.2) is 18.2 Å². The lowest BCUT2D eigenvalue weighted by Crippen LogP contribution is -2.40. The van der Waals surface area contributed by atoms with Crippen LogP contribution in [0, 0.1) is 17.1 Å². The minimum Gasteiger partial charge on any atom is -0.361 e. The summed E-state index contributed by atoms with van der Waals surface area (Å²) in [6.07, 6.45) is 0. The first kappa shape index (κ1) is 15.0. The van der Waals surface area contributed by atoms with Gasteiger partial charge in [0.2, 0.25) is 5.91 Å². The van der Waals surface area contributed by atoms with Crippen molar-refractivity contribution in [3.63, 3.8) is 0 Å². The van der Waals surface area contributed by atoms with Crippen molar-refractivity contribution >= 4 is 11.6 Å². The minimum absolute atomic E-state index is 0.0262. The van der Waals surface area contributed by atoms with Crippen molar-refractivity contribution < 1.29 is 9.18 Å². The molecule has 1 amide bonds. The molecular formula is C14H18FN3O. The second kappa shape index (κ2) is 6.74. The predicted octanol–water partition coefficient (Wildman–Crippen LogP) is 2.05. The monoisotopic (exact) mass is 263 g/mol. The lowest BCUT2D eigenvalue weighted by Gasteiger charge is -2.24. The summed E-state index contributed by atoms with van der Waals surface area (Å²) in [5.41, 5.74) is 0.422. The minimum atomic E-state index is -0.567. The average Bonchev–Trinajstić information content (AvgIpc) is 2.34. The molecular weight excluding hydrogens is 245 g/mol. The Morgan fingerprint density at radius 3 is 2.74 bits per heavy atom. The molecule has 4 nitrogen and oxygen atoms in total. The maximum absolute atomic E-state index is 13.5. The van der Waals surface area contributed by atoms with Gasteiger partial charge in [-0.15, -0.1) is 0 Å². The fourth-order valence-corrected chi connectivity index (χ4v) is 1.80. The number of halogens is 1. The molecule has 0 saturated carbocycles. The Balaban J connectivity index is 2.95. The van der Waals surface area contributed by atoms with E-state index in [1.165, 1.54) is 12.1 Å². The van der Waals surface area contributed by atoms with Crippen molar-refractivity contribution in [2.24, 2.45) is 0 Å². The summed E-state index contributed by atoms with van der Waals surface area (Å²) in [6, 6.07) is 6.32. The molecule has 1 aromatic carbocycles. The van der Waals surface area contributed by atoms with Gasteiger partial charge in [-0.3, -0.25) is 4.79 Å². The average molecular weight is 263 g/mol. The Labute approximate surface area is 112 Å². The van der Waals surface area contributed by atoms with E-state index in [2.05, 4.69) is 5.32 Å². The molecule has 0 aliphatic heterocycles. The lowest BCUT2D eigenvalue weighted by atomic mass is 10.1. The summed E-state index contributed by atoms with van der Waals surface area (Å²) < 4.78 is 13.5. The number of nitrogens with one attached hydrogen (secondary N) is 1. The highest BCUT2D eigenvalue weighted by atomic mass is 19.1. The highest BCUT2D eigenvalue weighted by molar-refractivity contribution is 5.82. The molecule has 1 aromatic rings. The summed E-state index contributed by atoms with van der Waals surface area (Å²) in [5, 5.41) is 11.8. The zero-order chi connectivity index (χ0) is 14.4. The first-order valence-corrected chi connectivity index (χ1v) is 6.22. The van der Waals surface area contributed by atoms with Crippen LogP contribution in [0.5, 0.6) is 0 Å². The first-order valence-electron chi connectivity index (χ1n) is 6.22. The highest BCUT2D eigenvalue weighted by Crippen LogP contribution is 2.22. The van der Waals surface area contributed by atoms with Gasteiger partial charge in [-0.1, -0.05) is 6.07 Å². The van der Waals surface area contributed by atoms with Crippen molar-refractivity contribution in [2.45, 2.75) is 26.8 Å². The van der Waals surface area contributed by atoms with E-state index in [0.29, 0.717) is 12.2 Å². The first-order chi connectivity index (χ1) is 8.99. The van der Waals surface area contributed by atoms with E-state index in [-0.39, 0.29) is 24.1 Å². The van der Waals surface area contributed by atoms with Crippen LogP contribution in [-0.4, -0.2) is 25.0 Å². The number of hydrogen-bond donors (Lipinski definition) is 1. The summed E-state index contributed by atoms with van der Waals surface area (Å²) in [6.45, 7) is 6.22. The molecule has 0 saturated heterocycles. The molecule has 0 unspecified atom stereocenters. The number of anilines is 1. The van der Waals surface area contributed by atoms with Crippen LogP contribution in [0.3, 0.4) is 0 Å². The standard InChI is InChI=1S/C14H18FN3O/c1-4-18(9-14(19)17-10(2)3)13-7-5-6-12(15)11(13)8-16/h5-7,10H,4,9H2,1-3H3,(H,17,19). The smallest absolute Gasteiger partial charge is 0.239 e. The number of amides is 1. The Morgan fingerprint density at radius 2 is 2.21 bits per heavy atom. The van der Waals surface area contributed by atoms with E-state index in [0.717, 1.165) is 0 Å². The zero-order valence-electron chi connectivity index (χ0n) is 11.4. The molecule has 19 heavy (non-hydrogen) atoms. The second-order valence-corrected chi connectivity index (χ2v) is 4.48. The molecule has 0 heterocycles. The molecule has 0 atom stereocenters. The molecule has 0 aliphatic rings. The zero-order valence-corrected chi connectivity index (χ0v) is 11.4. The van der Waals surface area contributed by atoms with Crippen molar-refractivity contribution in [1.29, 1.82) is 5.26 Å². The molecule has 0 aromatic heterocycles. The van der Waals surface area contributed by atoms with Gasteiger partial charge >= 0.3 is 0 Å². The largest absolute Gasteiger partial charge is 0.361 e. The number of benzene rings is 1. The number of carbonyl (C=O) groups is 1. The second-order valence-electron chi connectivity index (χ2n) is 4.48. The third-order valence-electron chi connectivity index (χ3n) is 2.61. The van der Waals surface area contributed by atoms with Crippen LogP contribution in [0.25, 0.3) is 0 Å². The topological polar surface area (TPSA) is 56.1 Å². The quantitative estimate of drug-likeness (QED) is 0.884. The molecule has 1 rings (SSSR count). The molecule has 0 fully saturated rings. The van der Waals surface area contributed by atoms with Gasteiger partial charge in [-0.25, -0.2) is 4.39 Å². The van der Waals surface area contributed by atoms with Crippen LogP contribution in [0.1, 0.15) is 26.3 Å². The van der Waals surface area contributed by atoms with Crippen molar-refractivity contribution in [3.8, 4) is 6.07 Å². The van der Waals surface area contributed by atoms with Crippen LogP contribution in [-0.2, 0) is 4.79 Å². The Morgan fingerprint density at radius 1 is 1.53 bits per heavy atom.